The predicted octanol–water partition coefficient (Wildman–Crippen LogP) is 4.53. The van der Waals surface area contributed by atoms with E-state index < -0.39 is 11.5 Å². The Kier molecular flexibility index (Phi) is 5.87. The molecule has 3 rings (SSSR count). The van der Waals surface area contributed by atoms with Crippen LogP contribution in [0.15, 0.2) is 47.3 Å². The van der Waals surface area contributed by atoms with E-state index in [0.717, 1.165) is 21.0 Å². The van der Waals surface area contributed by atoms with Crippen LogP contribution in [0.5, 0.6) is 5.75 Å². The van der Waals surface area contributed by atoms with Crippen molar-refractivity contribution in [3.63, 3.8) is 0 Å². The highest BCUT2D eigenvalue weighted by Gasteiger charge is 2.15. The van der Waals surface area contributed by atoms with E-state index in [0.29, 0.717) is 28.8 Å². The Morgan fingerprint density at radius 3 is 2.65 bits per heavy atom. The van der Waals surface area contributed by atoms with Gasteiger partial charge in [0, 0.05) is 9.13 Å². The number of nitrogens with zero attached hydrogens (tertiary/aromatic N) is 1. The first kappa shape index (κ1) is 18.8. The van der Waals surface area contributed by atoms with Crippen LogP contribution in [0, 0.1) is 8.34 Å². The summed E-state index contributed by atoms with van der Waals surface area (Å²) in [4.78, 5) is 28.6. The maximum Gasteiger partial charge on any atom is 0.269 e. The van der Waals surface area contributed by atoms with Crippen LogP contribution in [0.1, 0.15) is 30.1 Å². The summed E-state index contributed by atoms with van der Waals surface area (Å²) in [7, 11) is 0. The van der Waals surface area contributed by atoms with E-state index in [2.05, 4.69) is 34.5 Å². The topological polar surface area (TPSA) is 64.1 Å². The fourth-order valence-corrected chi connectivity index (χ4v) is 3.29. The van der Waals surface area contributed by atoms with Gasteiger partial charge in [-0.05, 0) is 83.7 Å². The van der Waals surface area contributed by atoms with Crippen LogP contribution < -0.4 is 10.3 Å². The summed E-state index contributed by atoms with van der Waals surface area (Å²) < 4.78 is 7.59. The van der Waals surface area contributed by atoms with E-state index >= 15 is 0 Å². The number of carbonyl (C=O) groups is 1. The van der Waals surface area contributed by atoms with E-state index in [1.807, 2.05) is 6.07 Å². The van der Waals surface area contributed by atoms with Crippen LogP contribution in [-0.2, 0) is 0 Å². The number of hydrogen-bond acceptors (Lipinski definition) is 4. The molecule has 26 heavy (non-hydrogen) atoms. The minimum Gasteiger partial charge on any atom is -0.494 e. The number of nitrogens with one attached hydrogen (secondary N) is 1. The molecule has 134 valence electrons. The number of H-pyrrole nitrogens is 1. The molecule has 1 aromatic heterocycles. The second-order valence-electron chi connectivity index (χ2n) is 5.79. The molecule has 2 aromatic carbocycles. The van der Waals surface area contributed by atoms with Crippen molar-refractivity contribution in [1.82, 2.24) is 9.55 Å². The molecule has 0 aliphatic carbocycles. The first-order valence-electron chi connectivity index (χ1n) is 8.23. The zero-order valence-electron chi connectivity index (χ0n) is 14.1. The number of aromatic nitrogens is 2. The second kappa shape index (κ2) is 8.13. The highest BCUT2D eigenvalue weighted by Crippen LogP contribution is 2.15. The summed E-state index contributed by atoms with van der Waals surface area (Å²) in [5.74, 6) is 0.234. The molecule has 0 radical (unpaired) electrons. The molecular formula is C19H17IN2O3S. The molecule has 0 amide bonds. The smallest absolute Gasteiger partial charge is 0.269 e. The molecule has 0 saturated carbocycles. The van der Waals surface area contributed by atoms with Gasteiger partial charge in [0.05, 0.1) is 17.5 Å². The molecule has 7 heteroatoms. The summed E-state index contributed by atoms with van der Waals surface area (Å²) in [6, 6.07) is 12.1. The van der Waals surface area contributed by atoms with Crippen LogP contribution in [0.2, 0.25) is 0 Å². The third-order valence-electron chi connectivity index (χ3n) is 3.93. The molecule has 0 aliphatic rings. The molecule has 0 saturated heterocycles. The molecule has 0 unspecified atom stereocenters. The van der Waals surface area contributed by atoms with Gasteiger partial charge in [0.15, 0.2) is 4.77 Å². The van der Waals surface area contributed by atoms with Gasteiger partial charge in [0.1, 0.15) is 5.75 Å². The summed E-state index contributed by atoms with van der Waals surface area (Å²) in [5, 5.41) is 0.429. The van der Waals surface area contributed by atoms with E-state index in [9.17, 15) is 9.59 Å². The van der Waals surface area contributed by atoms with Crippen LogP contribution in [0.3, 0.4) is 0 Å². The number of aromatic amines is 1. The number of halogens is 1. The Morgan fingerprint density at radius 2 is 1.96 bits per heavy atom. The quantitative estimate of drug-likeness (QED) is 0.331. The van der Waals surface area contributed by atoms with Gasteiger partial charge in [0.25, 0.3) is 11.5 Å². The lowest BCUT2D eigenvalue weighted by molar-refractivity contribution is 0.0953. The number of ether oxygens (including phenoxy) is 1. The Bertz CT molecular complexity index is 1070. The van der Waals surface area contributed by atoms with E-state index in [1.54, 1.807) is 36.4 Å². The minimum atomic E-state index is -0.461. The van der Waals surface area contributed by atoms with Gasteiger partial charge in [-0.15, -0.1) is 0 Å². The predicted molar refractivity (Wildman–Crippen MR) is 113 cm³/mol. The lowest BCUT2D eigenvalue weighted by Crippen LogP contribution is -2.29. The number of fused-ring (bicyclic) bond motifs is 1. The van der Waals surface area contributed by atoms with Gasteiger partial charge < -0.3 is 9.72 Å². The van der Waals surface area contributed by atoms with Gasteiger partial charge in [0.2, 0.25) is 0 Å². The first-order valence-corrected chi connectivity index (χ1v) is 9.72. The highest BCUT2D eigenvalue weighted by molar-refractivity contribution is 14.1. The second-order valence-corrected chi connectivity index (χ2v) is 7.42. The van der Waals surface area contributed by atoms with Gasteiger partial charge in [-0.25, -0.2) is 4.57 Å². The lowest BCUT2D eigenvalue weighted by Gasteiger charge is -2.09. The lowest BCUT2D eigenvalue weighted by atomic mass is 10.2. The SMILES string of the molecule is CCCCOc1ccc(C(=O)n2c(=S)[nH]c3ccc(I)cc3c2=O)cc1. The third kappa shape index (κ3) is 3.88. The summed E-state index contributed by atoms with van der Waals surface area (Å²) in [6.07, 6.45) is 2.03. The summed E-state index contributed by atoms with van der Waals surface area (Å²) in [5.41, 5.74) is 0.569. The van der Waals surface area contributed by atoms with Crippen molar-refractivity contribution in [2.24, 2.45) is 0 Å². The van der Waals surface area contributed by atoms with Crippen LogP contribution in [0.4, 0.5) is 0 Å². The molecule has 0 bridgehead atoms. The van der Waals surface area contributed by atoms with Crippen LogP contribution >= 0.6 is 34.8 Å². The van der Waals surface area contributed by atoms with E-state index in [4.69, 9.17) is 17.0 Å². The van der Waals surface area contributed by atoms with Crippen molar-refractivity contribution in [3.8, 4) is 5.75 Å². The Hall–Kier alpha value is -2.00. The Labute approximate surface area is 169 Å². The number of carbonyl (C=O) groups excluding carboxylic acids is 1. The van der Waals surface area contributed by atoms with Crippen LogP contribution in [-0.4, -0.2) is 22.1 Å². The zero-order chi connectivity index (χ0) is 18.7. The standard InChI is InChI=1S/C19H17IN2O3S/c1-2-3-10-25-14-7-4-12(5-8-14)17(23)22-18(24)15-11-13(20)6-9-16(15)21-19(22)26/h4-9,11H,2-3,10H2,1H3,(H,21,26). The fourth-order valence-electron chi connectivity index (χ4n) is 2.53. The van der Waals surface area contributed by atoms with Gasteiger partial charge in [-0.2, -0.15) is 0 Å². The highest BCUT2D eigenvalue weighted by atomic mass is 127. The fraction of sp³-hybridized carbons (Fsp3) is 0.211. The Balaban J connectivity index is 1.97. The van der Waals surface area contributed by atoms with Crippen molar-refractivity contribution in [2.75, 3.05) is 6.61 Å². The zero-order valence-corrected chi connectivity index (χ0v) is 17.1. The molecule has 1 N–H and O–H groups in total. The Morgan fingerprint density at radius 1 is 1.23 bits per heavy atom. The average Bonchev–Trinajstić information content (AvgIpc) is 2.63. The normalized spacial score (nSPS) is 10.8. The minimum absolute atomic E-state index is 0.0805. The van der Waals surface area contributed by atoms with Crippen molar-refractivity contribution in [1.29, 1.82) is 0 Å². The van der Waals surface area contributed by atoms with Gasteiger partial charge >= 0.3 is 0 Å². The maximum absolute atomic E-state index is 12.8. The summed E-state index contributed by atoms with van der Waals surface area (Å²) >= 11 is 7.36. The monoisotopic (exact) mass is 480 g/mol. The largest absolute Gasteiger partial charge is 0.494 e. The molecule has 0 aliphatic heterocycles. The molecule has 0 atom stereocenters. The van der Waals surface area contributed by atoms with Crippen molar-refractivity contribution < 1.29 is 9.53 Å². The third-order valence-corrected chi connectivity index (χ3v) is 4.89. The van der Waals surface area contributed by atoms with Crippen molar-refractivity contribution >= 4 is 51.6 Å². The van der Waals surface area contributed by atoms with Gasteiger partial charge in [-0.3, -0.25) is 9.59 Å². The molecule has 1 heterocycles. The van der Waals surface area contributed by atoms with Crippen molar-refractivity contribution in [3.05, 3.63) is 66.7 Å². The van der Waals surface area contributed by atoms with Crippen LogP contribution in [0.25, 0.3) is 10.9 Å². The molecule has 3 aromatic rings. The number of hydrogen-bond donors (Lipinski definition) is 1. The van der Waals surface area contributed by atoms with E-state index in [1.165, 1.54) is 0 Å². The number of unbranched alkanes of at least 4 members (excludes halogenated alkanes) is 1. The van der Waals surface area contributed by atoms with Gasteiger partial charge in [-0.1, -0.05) is 13.3 Å². The molecule has 5 nitrogen and oxygen atoms in total. The van der Waals surface area contributed by atoms with E-state index in [-0.39, 0.29) is 4.77 Å². The molecule has 0 spiro atoms. The molecule has 0 fully saturated rings. The van der Waals surface area contributed by atoms with Crippen molar-refractivity contribution in [2.45, 2.75) is 19.8 Å². The molecular weight excluding hydrogens is 463 g/mol. The maximum atomic E-state index is 12.8. The average molecular weight is 480 g/mol. The number of rotatable bonds is 5. The number of benzene rings is 2. The first-order chi connectivity index (χ1) is 12.5. The summed E-state index contributed by atoms with van der Waals surface area (Å²) in [6.45, 7) is 2.73.